The van der Waals surface area contributed by atoms with Gasteiger partial charge in [-0.25, -0.2) is 0 Å². The zero-order chi connectivity index (χ0) is 11.4. The zero-order valence-corrected chi connectivity index (χ0v) is 9.67. The molecule has 0 unspecified atom stereocenters. The van der Waals surface area contributed by atoms with Crippen LogP contribution in [-0.4, -0.2) is 5.12 Å². The van der Waals surface area contributed by atoms with E-state index in [1.165, 1.54) is 34.2 Å². The summed E-state index contributed by atoms with van der Waals surface area (Å²) >= 11 is 1.28. The summed E-state index contributed by atoms with van der Waals surface area (Å²) < 4.78 is 0. The van der Waals surface area contributed by atoms with Crippen LogP contribution < -0.4 is 0 Å². The highest BCUT2D eigenvalue weighted by atomic mass is 32.2. The fraction of sp³-hybridized carbons (Fsp3) is 0.0714. The van der Waals surface area contributed by atoms with Crippen LogP contribution in [0.2, 0.25) is 0 Å². The Balaban J connectivity index is 2.19. The summed E-state index contributed by atoms with van der Waals surface area (Å²) in [4.78, 5) is 11.1. The van der Waals surface area contributed by atoms with E-state index in [4.69, 9.17) is 0 Å². The van der Waals surface area contributed by atoms with E-state index in [0.29, 0.717) is 5.75 Å². The van der Waals surface area contributed by atoms with E-state index in [9.17, 15) is 4.79 Å². The van der Waals surface area contributed by atoms with E-state index in [1.54, 1.807) is 0 Å². The van der Waals surface area contributed by atoms with Crippen molar-refractivity contribution in [3.05, 3.63) is 60.7 Å². The standard InChI is InChI=1S/C14H12OS/c1-2-14(15)16-10-11-7-8-12-5-3-4-6-13(12)9-11/h2-9H,1,10H2. The first-order valence-corrected chi connectivity index (χ1v) is 6.05. The minimum Gasteiger partial charge on any atom is -0.282 e. The van der Waals surface area contributed by atoms with E-state index < -0.39 is 0 Å². The number of benzene rings is 2. The van der Waals surface area contributed by atoms with Crippen LogP contribution in [0.3, 0.4) is 0 Å². The van der Waals surface area contributed by atoms with Crippen molar-refractivity contribution in [3.63, 3.8) is 0 Å². The summed E-state index contributed by atoms with van der Waals surface area (Å²) in [5.41, 5.74) is 1.17. The van der Waals surface area contributed by atoms with Crippen LogP contribution in [0, 0.1) is 0 Å². The molecule has 0 bridgehead atoms. The van der Waals surface area contributed by atoms with Crippen molar-refractivity contribution < 1.29 is 4.79 Å². The van der Waals surface area contributed by atoms with Gasteiger partial charge in [0.1, 0.15) is 0 Å². The molecule has 0 aromatic heterocycles. The third-order valence-corrected chi connectivity index (χ3v) is 3.29. The molecule has 2 aromatic carbocycles. The molecule has 2 heteroatoms. The van der Waals surface area contributed by atoms with E-state index in [2.05, 4.69) is 36.9 Å². The van der Waals surface area contributed by atoms with Crippen LogP contribution in [0.25, 0.3) is 10.8 Å². The zero-order valence-electron chi connectivity index (χ0n) is 8.85. The Kier molecular flexibility index (Phi) is 3.42. The SMILES string of the molecule is C=CC(=O)SCc1ccc2ccccc2c1. The van der Waals surface area contributed by atoms with Crippen LogP contribution in [0.4, 0.5) is 0 Å². The molecule has 0 N–H and O–H groups in total. The topological polar surface area (TPSA) is 17.1 Å². The maximum absolute atomic E-state index is 11.1. The molecule has 16 heavy (non-hydrogen) atoms. The van der Waals surface area contributed by atoms with E-state index in [0.717, 1.165) is 0 Å². The Morgan fingerprint density at radius 1 is 1.19 bits per heavy atom. The summed E-state index contributed by atoms with van der Waals surface area (Å²) in [6.07, 6.45) is 1.35. The number of carbonyl (C=O) groups is 1. The second-order valence-corrected chi connectivity index (χ2v) is 4.47. The quantitative estimate of drug-likeness (QED) is 0.743. The molecule has 80 valence electrons. The third-order valence-electron chi connectivity index (χ3n) is 2.36. The van der Waals surface area contributed by atoms with Crippen molar-refractivity contribution in [2.24, 2.45) is 0 Å². The Morgan fingerprint density at radius 2 is 1.94 bits per heavy atom. The molecule has 0 aliphatic rings. The Hall–Kier alpha value is -1.54. The largest absolute Gasteiger partial charge is 0.282 e. The smallest absolute Gasteiger partial charge is 0.211 e. The molecule has 2 rings (SSSR count). The van der Waals surface area contributed by atoms with Crippen molar-refractivity contribution in [3.8, 4) is 0 Å². The van der Waals surface area contributed by atoms with Crippen LogP contribution >= 0.6 is 11.8 Å². The normalized spacial score (nSPS) is 10.2. The molecule has 1 nitrogen and oxygen atoms in total. The van der Waals surface area contributed by atoms with Crippen molar-refractivity contribution in [2.45, 2.75) is 5.75 Å². The van der Waals surface area contributed by atoms with Gasteiger partial charge in [-0.05, 0) is 22.4 Å². The summed E-state index contributed by atoms with van der Waals surface area (Å²) in [5, 5.41) is 2.46. The predicted molar refractivity (Wildman–Crippen MR) is 70.4 cm³/mol. The fourth-order valence-electron chi connectivity index (χ4n) is 1.54. The molecule has 0 saturated carbocycles. The first kappa shape index (κ1) is 11.0. The summed E-state index contributed by atoms with van der Waals surface area (Å²) in [7, 11) is 0. The first-order valence-electron chi connectivity index (χ1n) is 5.06. The summed E-state index contributed by atoms with van der Waals surface area (Å²) in [5.74, 6) is 0.704. The van der Waals surface area contributed by atoms with Gasteiger partial charge in [0.25, 0.3) is 0 Å². The van der Waals surface area contributed by atoms with Crippen molar-refractivity contribution in [2.75, 3.05) is 0 Å². The van der Waals surface area contributed by atoms with Gasteiger partial charge >= 0.3 is 0 Å². The van der Waals surface area contributed by atoms with E-state index in [-0.39, 0.29) is 5.12 Å². The van der Waals surface area contributed by atoms with Crippen LogP contribution in [-0.2, 0) is 10.5 Å². The van der Waals surface area contributed by atoms with Gasteiger partial charge in [0.15, 0.2) is 0 Å². The fourth-order valence-corrected chi connectivity index (χ4v) is 2.15. The molecular formula is C14H12OS. The molecule has 0 amide bonds. The molecule has 0 radical (unpaired) electrons. The van der Waals surface area contributed by atoms with Gasteiger partial charge in [-0.3, -0.25) is 4.79 Å². The second kappa shape index (κ2) is 4.99. The molecule has 0 fully saturated rings. The Morgan fingerprint density at radius 3 is 2.69 bits per heavy atom. The minimum absolute atomic E-state index is 0.0214. The summed E-state index contributed by atoms with van der Waals surface area (Å²) in [6, 6.07) is 14.5. The lowest BCUT2D eigenvalue weighted by Gasteiger charge is -2.02. The number of carbonyl (C=O) groups excluding carboxylic acids is 1. The van der Waals surface area contributed by atoms with Gasteiger partial charge in [0, 0.05) is 5.75 Å². The van der Waals surface area contributed by atoms with Gasteiger partial charge in [-0.1, -0.05) is 60.8 Å². The lowest BCUT2D eigenvalue weighted by molar-refractivity contribution is -0.107. The lowest BCUT2D eigenvalue weighted by Crippen LogP contribution is -1.87. The number of thioether (sulfide) groups is 1. The predicted octanol–water partition coefficient (Wildman–Crippen LogP) is 3.79. The molecule has 0 heterocycles. The second-order valence-electron chi connectivity index (χ2n) is 3.49. The third kappa shape index (κ3) is 2.52. The molecule has 0 atom stereocenters. The first-order chi connectivity index (χ1) is 7.79. The number of fused-ring (bicyclic) bond motifs is 1. The highest BCUT2D eigenvalue weighted by Crippen LogP contribution is 2.19. The van der Waals surface area contributed by atoms with Crippen molar-refractivity contribution >= 4 is 27.6 Å². The van der Waals surface area contributed by atoms with Gasteiger partial charge in [-0.2, -0.15) is 0 Å². The number of rotatable bonds is 3. The number of hydrogen-bond acceptors (Lipinski definition) is 2. The molecular weight excluding hydrogens is 216 g/mol. The highest BCUT2D eigenvalue weighted by Gasteiger charge is 1.99. The number of hydrogen-bond donors (Lipinski definition) is 0. The van der Waals surface area contributed by atoms with Gasteiger partial charge in [0.05, 0.1) is 0 Å². The van der Waals surface area contributed by atoms with Gasteiger partial charge in [0.2, 0.25) is 5.12 Å². The average Bonchev–Trinajstić information content (AvgIpc) is 2.35. The van der Waals surface area contributed by atoms with Gasteiger partial charge in [-0.15, -0.1) is 0 Å². The van der Waals surface area contributed by atoms with Crippen LogP contribution in [0.15, 0.2) is 55.1 Å². The molecule has 2 aromatic rings. The lowest BCUT2D eigenvalue weighted by atomic mass is 10.1. The van der Waals surface area contributed by atoms with Gasteiger partial charge < -0.3 is 0 Å². The van der Waals surface area contributed by atoms with Crippen LogP contribution in [0.1, 0.15) is 5.56 Å². The summed E-state index contributed by atoms with van der Waals surface area (Å²) in [6.45, 7) is 3.45. The molecule has 0 spiro atoms. The molecule has 0 saturated heterocycles. The maximum atomic E-state index is 11.1. The highest BCUT2D eigenvalue weighted by molar-refractivity contribution is 8.13. The maximum Gasteiger partial charge on any atom is 0.211 e. The molecule has 0 aliphatic heterocycles. The van der Waals surface area contributed by atoms with Crippen LogP contribution in [0.5, 0.6) is 0 Å². The Bertz CT molecular complexity index is 531. The van der Waals surface area contributed by atoms with Crippen molar-refractivity contribution in [1.29, 1.82) is 0 Å². The monoisotopic (exact) mass is 228 g/mol. The minimum atomic E-state index is 0.0214. The van der Waals surface area contributed by atoms with E-state index in [1.807, 2.05) is 12.1 Å². The van der Waals surface area contributed by atoms with Crippen molar-refractivity contribution in [1.82, 2.24) is 0 Å². The Labute approximate surface area is 99.2 Å². The average molecular weight is 228 g/mol. The van der Waals surface area contributed by atoms with E-state index >= 15 is 0 Å². The molecule has 0 aliphatic carbocycles.